The Morgan fingerprint density at radius 2 is 2.00 bits per heavy atom. The second kappa shape index (κ2) is 6.39. The summed E-state index contributed by atoms with van der Waals surface area (Å²) in [4.78, 5) is 39.0. The second-order valence-electron chi connectivity index (χ2n) is 6.31. The van der Waals surface area contributed by atoms with Crippen LogP contribution in [0.15, 0.2) is 24.3 Å². The van der Waals surface area contributed by atoms with Gasteiger partial charge in [-0.2, -0.15) is 5.26 Å². The predicted octanol–water partition coefficient (Wildman–Crippen LogP) is 2.67. The summed E-state index contributed by atoms with van der Waals surface area (Å²) in [5.41, 5.74) is 2.33. The highest BCUT2D eigenvalue weighted by atomic mass is 32.1. The molecular weight excluding hydrogens is 350 g/mol. The highest BCUT2D eigenvalue weighted by Crippen LogP contribution is 2.37. The highest BCUT2D eigenvalue weighted by Gasteiger charge is 2.36. The van der Waals surface area contributed by atoms with Crippen LogP contribution in [-0.2, 0) is 22.4 Å². The molecule has 2 aromatic rings. The molecule has 0 bridgehead atoms. The fourth-order valence-corrected chi connectivity index (χ4v) is 4.74. The summed E-state index contributed by atoms with van der Waals surface area (Å²) in [6.45, 7) is -0.255. The molecule has 6 nitrogen and oxygen atoms in total. The number of benzene rings is 1. The van der Waals surface area contributed by atoms with Gasteiger partial charge in [-0.1, -0.05) is 12.1 Å². The summed E-state index contributed by atoms with van der Waals surface area (Å²) in [5.74, 6) is -1.72. The van der Waals surface area contributed by atoms with E-state index in [4.69, 9.17) is 0 Å². The topological polar surface area (TPSA) is 90.3 Å². The number of nitrogens with zero attached hydrogens (tertiary/aromatic N) is 2. The number of Topliss-reactive ketones (excluding diaryl/α,β-unsaturated/α-hetero) is 1. The molecule has 130 valence electrons. The molecule has 0 radical (unpaired) electrons. The van der Waals surface area contributed by atoms with Gasteiger partial charge in [0.25, 0.3) is 11.7 Å². The second-order valence-corrected chi connectivity index (χ2v) is 7.42. The summed E-state index contributed by atoms with van der Waals surface area (Å²) in [6, 6.07) is 8.82. The summed E-state index contributed by atoms with van der Waals surface area (Å²) in [5, 5.41) is 12.8. The van der Waals surface area contributed by atoms with E-state index < -0.39 is 17.6 Å². The van der Waals surface area contributed by atoms with Gasteiger partial charge in [0.2, 0.25) is 5.91 Å². The maximum absolute atomic E-state index is 12.5. The van der Waals surface area contributed by atoms with Gasteiger partial charge in [0, 0.05) is 4.88 Å². The summed E-state index contributed by atoms with van der Waals surface area (Å²) in [6.07, 6.45) is 3.92. The maximum atomic E-state index is 12.5. The molecule has 7 heteroatoms. The highest BCUT2D eigenvalue weighted by molar-refractivity contribution is 7.16. The van der Waals surface area contributed by atoms with Crippen LogP contribution in [0.4, 0.5) is 10.7 Å². The molecule has 4 rings (SSSR count). The number of anilines is 2. The van der Waals surface area contributed by atoms with E-state index >= 15 is 0 Å². The first-order valence-electron chi connectivity index (χ1n) is 8.40. The first-order chi connectivity index (χ1) is 12.6. The Balaban J connectivity index is 1.56. The number of aryl methyl sites for hydroxylation is 1. The van der Waals surface area contributed by atoms with Gasteiger partial charge in [0.15, 0.2) is 0 Å². The minimum Gasteiger partial charge on any atom is -0.315 e. The van der Waals surface area contributed by atoms with Crippen LogP contribution >= 0.6 is 11.3 Å². The lowest BCUT2D eigenvalue weighted by molar-refractivity contribution is -0.118. The van der Waals surface area contributed by atoms with Crippen molar-refractivity contribution < 1.29 is 14.4 Å². The van der Waals surface area contributed by atoms with Crippen molar-refractivity contribution in [3.63, 3.8) is 0 Å². The largest absolute Gasteiger partial charge is 0.315 e. The number of carbonyl (C=O) groups is 3. The number of nitrogens with one attached hydrogen (secondary N) is 1. The molecule has 1 aliphatic heterocycles. The standard InChI is InChI=1S/C19H15N3O3S/c20-9-13-11-5-2-4-8-15(11)26-18(13)21-16(23)10-22-14-7-3-1-6-12(14)17(24)19(22)25/h1,3,6-7H,2,4-5,8,10H2,(H,21,23). The SMILES string of the molecule is N#Cc1c(NC(=O)CN2C(=O)C(=O)c3ccccc32)sc2c1CCCC2. The Morgan fingerprint density at radius 1 is 1.23 bits per heavy atom. The number of amides is 2. The lowest BCUT2D eigenvalue weighted by Gasteiger charge is -2.15. The van der Waals surface area contributed by atoms with Crippen molar-refractivity contribution in [2.45, 2.75) is 25.7 Å². The van der Waals surface area contributed by atoms with Crippen LogP contribution in [0, 0.1) is 11.3 Å². The van der Waals surface area contributed by atoms with Crippen LogP contribution in [-0.4, -0.2) is 24.1 Å². The number of hydrogen-bond donors (Lipinski definition) is 1. The maximum Gasteiger partial charge on any atom is 0.299 e. The molecule has 0 unspecified atom stereocenters. The van der Waals surface area contributed by atoms with Crippen molar-refractivity contribution in [1.82, 2.24) is 0 Å². The number of ketones is 1. The number of rotatable bonds is 3. The smallest absolute Gasteiger partial charge is 0.299 e. The van der Waals surface area contributed by atoms with Crippen LogP contribution in [0.25, 0.3) is 0 Å². The van der Waals surface area contributed by atoms with Gasteiger partial charge < -0.3 is 5.32 Å². The van der Waals surface area contributed by atoms with Crippen molar-refractivity contribution in [1.29, 1.82) is 5.26 Å². The van der Waals surface area contributed by atoms with E-state index in [2.05, 4.69) is 11.4 Å². The Kier molecular flexibility index (Phi) is 4.05. The van der Waals surface area contributed by atoms with Crippen molar-refractivity contribution in [3.05, 3.63) is 45.8 Å². The third-order valence-corrected chi connectivity index (χ3v) is 5.92. The Morgan fingerprint density at radius 3 is 2.81 bits per heavy atom. The third kappa shape index (κ3) is 2.59. The van der Waals surface area contributed by atoms with Crippen molar-refractivity contribution in [2.75, 3.05) is 16.8 Å². The lowest BCUT2D eigenvalue weighted by atomic mass is 9.96. The first-order valence-corrected chi connectivity index (χ1v) is 9.21. The summed E-state index contributed by atoms with van der Waals surface area (Å²) in [7, 11) is 0. The zero-order valence-electron chi connectivity index (χ0n) is 13.9. The third-order valence-electron chi connectivity index (χ3n) is 4.72. The molecule has 0 spiro atoms. The van der Waals surface area contributed by atoms with Gasteiger partial charge in [0.05, 0.1) is 16.8 Å². The Labute approximate surface area is 154 Å². The number of hydrogen-bond acceptors (Lipinski definition) is 5. The van der Waals surface area contributed by atoms with E-state index in [-0.39, 0.29) is 6.54 Å². The van der Waals surface area contributed by atoms with Crippen LogP contribution in [0.5, 0.6) is 0 Å². The zero-order chi connectivity index (χ0) is 18.3. The number of nitriles is 1. The minimum atomic E-state index is -0.702. The Hall–Kier alpha value is -2.98. The van der Waals surface area contributed by atoms with Gasteiger partial charge in [-0.3, -0.25) is 19.3 Å². The molecule has 1 N–H and O–H groups in total. The minimum absolute atomic E-state index is 0.255. The average molecular weight is 365 g/mol. The van der Waals surface area contributed by atoms with Crippen LogP contribution in [0.3, 0.4) is 0 Å². The van der Waals surface area contributed by atoms with Crippen molar-refractivity contribution in [2.24, 2.45) is 0 Å². The summed E-state index contributed by atoms with van der Waals surface area (Å²) >= 11 is 1.43. The van der Waals surface area contributed by atoms with E-state index in [1.54, 1.807) is 24.3 Å². The van der Waals surface area contributed by atoms with Gasteiger partial charge in [-0.25, -0.2) is 0 Å². The van der Waals surface area contributed by atoms with Crippen molar-refractivity contribution in [3.8, 4) is 6.07 Å². The van der Waals surface area contributed by atoms with E-state index in [1.165, 1.54) is 16.2 Å². The number of thiophene rings is 1. The van der Waals surface area contributed by atoms with E-state index in [0.29, 0.717) is 21.8 Å². The number of fused-ring (bicyclic) bond motifs is 2. The Bertz CT molecular complexity index is 986. The van der Waals surface area contributed by atoms with Gasteiger partial charge in [0.1, 0.15) is 17.6 Å². The fourth-order valence-electron chi connectivity index (χ4n) is 3.49. The molecule has 0 fully saturated rings. The van der Waals surface area contributed by atoms with E-state index in [1.807, 2.05) is 0 Å². The number of carbonyl (C=O) groups excluding carboxylic acids is 3. The zero-order valence-corrected chi connectivity index (χ0v) is 14.7. The van der Waals surface area contributed by atoms with Crippen LogP contribution in [0.2, 0.25) is 0 Å². The van der Waals surface area contributed by atoms with Gasteiger partial charge in [-0.15, -0.1) is 11.3 Å². The normalized spacial score (nSPS) is 15.4. The molecule has 0 saturated heterocycles. The predicted molar refractivity (Wildman–Crippen MR) is 97.4 cm³/mol. The lowest BCUT2D eigenvalue weighted by Crippen LogP contribution is -2.37. The molecule has 1 aliphatic carbocycles. The fraction of sp³-hybridized carbons (Fsp3) is 0.263. The molecule has 2 heterocycles. The molecular formula is C19H15N3O3S. The van der Waals surface area contributed by atoms with Gasteiger partial charge >= 0.3 is 0 Å². The van der Waals surface area contributed by atoms with Crippen molar-refractivity contribution >= 4 is 39.6 Å². The van der Waals surface area contributed by atoms with E-state index in [9.17, 15) is 19.6 Å². The monoisotopic (exact) mass is 365 g/mol. The summed E-state index contributed by atoms with van der Waals surface area (Å²) < 4.78 is 0. The molecule has 0 atom stereocenters. The van der Waals surface area contributed by atoms with Crippen LogP contribution in [0.1, 0.15) is 39.2 Å². The molecule has 1 aromatic carbocycles. The molecule has 0 saturated carbocycles. The first kappa shape index (κ1) is 16.5. The van der Waals surface area contributed by atoms with E-state index in [0.717, 1.165) is 36.1 Å². The van der Waals surface area contributed by atoms with Crippen LogP contribution < -0.4 is 10.2 Å². The molecule has 2 aliphatic rings. The molecule has 26 heavy (non-hydrogen) atoms. The average Bonchev–Trinajstić information content (AvgIpc) is 3.12. The quantitative estimate of drug-likeness (QED) is 0.847. The number of para-hydroxylation sites is 1. The molecule has 2 amide bonds. The van der Waals surface area contributed by atoms with Gasteiger partial charge in [-0.05, 0) is 43.4 Å². The molecule has 1 aromatic heterocycles.